The summed E-state index contributed by atoms with van der Waals surface area (Å²) in [5.74, 6) is -0.606. The van der Waals surface area contributed by atoms with E-state index < -0.39 is 18.2 Å². The van der Waals surface area contributed by atoms with Gasteiger partial charge in [0, 0.05) is 6.42 Å². The maximum Gasteiger partial charge on any atom is 0.306 e. The number of nitrogens with one attached hydrogen (secondary N) is 1. The van der Waals surface area contributed by atoms with E-state index in [-0.39, 0.29) is 24.9 Å². The molecule has 0 heterocycles. The molecule has 0 aromatic carbocycles. The maximum atomic E-state index is 13.1. The van der Waals surface area contributed by atoms with E-state index in [1.807, 2.05) is 12.2 Å². The molecule has 1 amide bonds. The van der Waals surface area contributed by atoms with E-state index in [0.29, 0.717) is 12.8 Å². The predicted octanol–water partition coefficient (Wildman–Crippen LogP) is 14.7. The van der Waals surface area contributed by atoms with Crippen LogP contribution < -0.4 is 5.32 Å². The lowest BCUT2D eigenvalue weighted by atomic mass is 10.0. The first kappa shape index (κ1) is 55.8. The normalized spacial score (nSPS) is 13.7. The molecule has 338 valence electrons. The standard InChI is InChI=1S/C52H95NO5/c1-4-7-10-13-16-19-21-22-23-24-25-26-27-28-30-33-36-39-42-45-52(57)58-48(43-40-37-34-32-29-20-17-14-11-8-5-2)46-51(56)53-49(47-54)50(55)44-41-38-35-31-18-15-12-9-6-3/h16,19,22-23,32,34,40,43,48-50,54-55H,4-15,17-18,20-21,24-31,33,35-39,41-42,44-47H2,1-3H3,(H,53,56)/b19-16-,23-22-,34-32-,43-40+. The van der Waals surface area contributed by atoms with Crippen LogP contribution in [0, 0.1) is 0 Å². The van der Waals surface area contributed by atoms with Crippen LogP contribution in [0.3, 0.4) is 0 Å². The first-order chi connectivity index (χ1) is 28.5. The summed E-state index contributed by atoms with van der Waals surface area (Å²) in [5.41, 5.74) is 0. The minimum absolute atomic E-state index is 0.0300. The number of aliphatic hydroxyl groups is 2. The van der Waals surface area contributed by atoms with Gasteiger partial charge >= 0.3 is 5.97 Å². The third-order valence-electron chi connectivity index (χ3n) is 11.1. The molecule has 0 saturated carbocycles. The van der Waals surface area contributed by atoms with Gasteiger partial charge in [0.05, 0.1) is 25.2 Å². The largest absolute Gasteiger partial charge is 0.458 e. The number of hydrogen-bond donors (Lipinski definition) is 3. The third kappa shape index (κ3) is 40.6. The first-order valence-electron chi connectivity index (χ1n) is 24.9. The van der Waals surface area contributed by atoms with Crippen molar-refractivity contribution >= 4 is 11.9 Å². The molecule has 0 aromatic heterocycles. The van der Waals surface area contributed by atoms with Crippen molar-refractivity contribution in [2.75, 3.05) is 6.61 Å². The average Bonchev–Trinajstić information content (AvgIpc) is 3.22. The molecule has 6 nitrogen and oxygen atoms in total. The fourth-order valence-electron chi connectivity index (χ4n) is 7.31. The van der Waals surface area contributed by atoms with E-state index >= 15 is 0 Å². The molecule has 3 N–H and O–H groups in total. The number of carbonyl (C=O) groups is 2. The molecule has 0 aliphatic heterocycles. The Morgan fingerprint density at radius 2 is 0.914 bits per heavy atom. The Morgan fingerprint density at radius 3 is 1.40 bits per heavy atom. The number of aliphatic hydroxyl groups excluding tert-OH is 2. The number of amides is 1. The quantitative estimate of drug-likeness (QED) is 0.0323. The minimum atomic E-state index is -0.809. The second-order valence-electron chi connectivity index (χ2n) is 16.9. The third-order valence-corrected chi connectivity index (χ3v) is 11.1. The fraction of sp³-hybridized carbons (Fsp3) is 0.808. The summed E-state index contributed by atoms with van der Waals surface area (Å²) in [4.78, 5) is 26.0. The number of hydrogen-bond acceptors (Lipinski definition) is 5. The Kier molecular flexibility index (Phi) is 44.2. The van der Waals surface area contributed by atoms with E-state index in [1.54, 1.807) is 0 Å². The Bertz CT molecular complexity index is 1000. The van der Waals surface area contributed by atoms with Crippen LogP contribution in [0.15, 0.2) is 48.6 Å². The van der Waals surface area contributed by atoms with Gasteiger partial charge in [0.15, 0.2) is 0 Å². The Labute approximate surface area is 359 Å². The summed E-state index contributed by atoms with van der Waals surface area (Å²) in [6.45, 7) is 6.39. The van der Waals surface area contributed by atoms with Gasteiger partial charge in [0.1, 0.15) is 6.10 Å². The van der Waals surface area contributed by atoms with Crippen molar-refractivity contribution in [3.8, 4) is 0 Å². The summed E-state index contributed by atoms with van der Waals surface area (Å²) < 4.78 is 5.82. The molecule has 0 radical (unpaired) electrons. The van der Waals surface area contributed by atoms with Crippen LogP contribution in [-0.2, 0) is 14.3 Å². The smallest absolute Gasteiger partial charge is 0.306 e. The van der Waals surface area contributed by atoms with Crippen LogP contribution in [0.4, 0.5) is 0 Å². The van der Waals surface area contributed by atoms with Gasteiger partial charge in [0.2, 0.25) is 5.91 Å². The van der Waals surface area contributed by atoms with Gasteiger partial charge < -0.3 is 20.3 Å². The topological polar surface area (TPSA) is 95.9 Å². The SMILES string of the molecule is CCCCC/C=C\C/C=C\CCCCCCCCCCCC(=O)OC(/C=C/C/C=C\CCCCCCCC)CC(=O)NC(CO)C(O)CCCCCCCCCCC. The van der Waals surface area contributed by atoms with Crippen LogP contribution in [0.5, 0.6) is 0 Å². The number of rotatable bonds is 44. The first-order valence-corrected chi connectivity index (χ1v) is 24.9. The fourth-order valence-corrected chi connectivity index (χ4v) is 7.31. The van der Waals surface area contributed by atoms with Crippen LogP contribution in [0.25, 0.3) is 0 Å². The van der Waals surface area contributed by atoms with E-state index in [2.05, 4.69) is 62.5 Å². The van der Waals surface area contributed by atoms with Crippen LogP contribution in [0.1, 0.15) is 245 Å². The Balaban J connectivity index is 4.56. The summed E-state index contributed by atoms with van der Waals surface area (Å²) in [6.07, 6.45) is 54.9. The lowest BCUT2D eigenvalue weighted by Crippen LogP contribution is -2.46. The van der Waals surface area contributed by atoms with Gasteiger partial charge in [-0.05, 0) is 70.3 Å². The number of allylic oxidation sites excluding steroid dienone is 7. The van der Waals surface area contributed by atoms with Crippen molar-refractivity contribution in [3.63, 3.8) is 0 Å². The Morgan fingerprint density at radius 1 is 0.517 bits per heavy atom. The summed E-state index contributed by atoms with van der Waals surface area (Å²) in [6, 6.07) is -0.730. The second-order valence-corrected chi connectivity index (χ2v) is 16.9. The highest BCUT2D eigenvalue weighted by atomic mass is 16.5. The highest BCUT2D eigenvalue weighted by molar-refractivity contribution is 5.78. The molecule has 0 aromatic rings. The molecule has 0 spiro atoms. The Hall–Kier alpha value is -2.18. The molecule has 0 bridgehead atoms. The van der Waals surface area contributed by atoms with Gasteiger partial charge in [-0.25, -0.2) is 0 Å². The zero-order chi connectivity index (χ0) is 42.4. The highest BCUT2D eigenvalue weighted by Crippen LogP contribution is 2.15. The van der Waals surface area contributed by atoms with Gasteiger partial charge in [-0.1, -0.05) is 211 Å². The minimum Gasteiger partial charge on any atom is -0.458 e. The second kappa shape index (κ2) is 45.9. The molecule has 0 rings (SSSR count). The van der Waals surface area contributed by atoms with Crippen molar-refractivity contribution in [1.29, 1.82) is 0 Å². The van der Waals surface area contributed by atoms with Gasteiger partial charge in [-0.15, -0.1) is 0 Å². The highest BCUT2D eigenvalue weighted by Gasteiger charge is 2.23. The van der Waals surface area contributed by atoms with E-state index in [1.165, 1.54) is 148 Å². The maximum absolute atomic E-state index is 13.1. The van der Waals surface area contributed by atoms with Gasteiger partial charge in [-0.3, -0.25) is 9.59 Å². The van der Waals surface area contributed by atoms with Crippen molar-refractivity contribution in [2.24, 2.45) is 0 Å². The number of esters is 1. The lowest BCUT2D eigenvalue weighted by molar-refractivity contribution is -0.148. The molecular weight excluding hydrogens is 719 g/mol. The summed E-state index contributed by atoms with van der Waals surface area (Å²) in [7, 11) is 0. The van der Waals surface area contributed by atoms with Crippen molar-refractivity contribution in [3.05, 3.63) is 48.6 Å². The molecule has 0 aliphatic rings. The van der Waals surface area contributed by atoms with Crippen LogP contribution in [0.2, 0.25) is 0 Å². The number of carbonyl (C=O) groups excluding carboxylic acids is 2. The predicted molar refractivity (Wildman–Crippen MR) is 250 cm³/mol. The van der Waals surface area contributed by atoms with Crippen LogP contribution >= 0.6 is 0 Å². The van der Waals surface area contributed by atoms with Gasteiger partial charge in [0.25, 0.3) is 0 Å². The molecule has 0 fully saturated rings. The lowest BCUT2D eigenvalue weighted by Gasteiger charge is -2.23. The van der Waals surface area contributed by atoms with Crippen molar-refractivity contribution < 1.29 is 24.5 Å². The molecule has 58 heavy (non-hydrogen) atoms. The van der Waals surface area contributed by atoms with Crippen molar-refractivity contribution in [2.45, 2.75) is 264 Å². The molecular formula is C52H95NO5. The van der Waals surface area contributed by atoms with Crippen LogP contribution in [-0.4, -0.2) is 46.9 Å². The van der Waals surface area contributed by atoms with E-state index in [0.717, 1.165) is 57.8 Å². The zero-order valence-electron chi connectivity index (χ0n) is 38.4. The molecule has 0 aliphatic carbocycles. The van der Waals surface area contributed by atoms with E-state index in [4.69, 9.17) is 4.74 Å². The average molecular weight is 814 g/mol. The summed E-state index contributed by atoms with van der Waals surface area (Å²) in [5, 5.41) is 23.6. The zero-order valence-corrected chi connectivity index (χ0v) is 38.4. The van der Waals surface area contributed by atoms with E-state index in [9.17, 15) is 19.8 Å². The van der Waals surface area contributed by atoms with Gasteiger partial charge in [-0.2, -0.15) is 0 Å². The number of ether oxygens (including phenoxy) is 1. The molecule has 6 heteroatoms. The molecule has 0 saturated heterocycles. The molecule has 3 unspecified atom stereocenters. The monoisotopic (exact) mass is 814 g/mol. The number of unbranched alkanes of at least 4 members (excludes halogenated alkanes) is 26. The van der Waals surface area contributed by atoms with Crippen molar-refractivity contribution in [1.82, 2.24) is 5.32 Å². The molecule has 3 atom stereocenters. The summed E-state index contributed by atoms with van der Waals surface area (Å²) >= 11 is 0.